The highest BCUT2D eigenvalue weighted by Gasteiger charge is 2.11. The average molecular weight is 243 g/mol. The Balaban J connectivity index is 2.06. The molecule has 3 heteroatoms. The van der Waals surface area contributed by atoms with Crippen LogP contribution in [0.15, 0.2) is 42.5 Å². The molecule has 1 atom stereocenters. The van der Waals surface area contributed by atoms with Gasteiger partial charge in [0.25, 0.3) is 0 Å². The summed E-state index contributed by atoms with van der Waals surface area (Å²) in [4.78, 5) is 11.3. The molecule has 0 aliphatic carbocycles. The van der Waals surface area contributed by atoms with Crippen molar-refractivity contribution in [2.75, 3.05) is 7.11 Å². The molecule has 0 heterocycles. The van der Waals surface area contributed by atoms with Crippen LogP contribution in [0, 0.1) is 0 Å². The summed E-state index contributed by atoms with van der Waals surface area (Å²) in [6.07, 6.45) is 0. The Labute approximate surface area is 107 Å². The van der Waals surface area contributed by atoms with Crippen molar-refractivity contribution < 1.29 is 9.53 Å². The maximum Gasteiger partial charge on any atom is 0.322 e. The standard InChI is InChI=1S/C15H17NO2/c1-11(15(17)18-2)16-10-12-7-8-13-5-3-4-6-14(13)9-12/h3-9,11,16H,10H2,1-2H3. The normalized spacial score (nSPS) is 12.3. The first-order chi connectivity index (χ1) is 8.70. The summed E-state index contributed by atoms with van der Waals surface area (Å²) in [7, 11) is 1.40. The van der Waals surface area contributed by atoms with Gasteiger partial charge in [0, 0.05) is 6.54 Å². The molecule has 1 N–H and O–H groups in total. The monoisotopic (exact) mass is 243 g/mol. The third-order valence-electron chi connectivity index (χ3n) is 2.98. The lowest BCUT2D eigenvalue weighted by atomic mass is 10.1. The predicted octanol–water partition coefficient (Wildman–Crippen LogP) is 2.49. The zero-order valence-corrected chi connectivity index (χ0v) is 10.6. The smallest absolute Gasteiger partial charge is 0.322 e. The Kier molecular flexibility index (Phi) is 3.95. The molecule has 2 rings (SSSR count). The first-order valence-electron chi connectivity index (χ1n) is 5.99. The minimum absolute atomic E-state index is 0.240. The lowest BCUT2D eigenvalue weighted by molar-refractivity contribution is -0.142. The van der Waals surface area contributed by atoms with Gasteiger partial charge in [-0.3, -0.25) is 4.79 Å². The molecule has 3 nitrogen and oxygen atoms in total. The number of rotatable bonds is 4. The Morgan fingerprint density at radius 2 is 1.94 bits per heavy atom. The topological polar surface area (TPSA) is 38.3 Å². The van der Waals surface area contributed by atoms with Gasteiger partial charge in [0.05, 0.1) is 7.11 Å². The van der Waals surface area contributed by atoms with Gasteiger partial charge in [0.15, 0.2) is 0 Å². The van der Waals surface area contributed by atoms with Crippen LogP contribution in [-0.4, -0.2) is 19.1 Å². The van der Waals surface area contributed by atoms with Crippen LogP contribution in [0.3, 0.4) is 0 Å². The molecule has 2 aromatic rings. The molecule has 1 unspecified atom stereocenters. The van der Waals surface area contributed by atoms with Gasteiger partial charge in [0.1, 0.15) is 6.04 Å². The molecule has 0 saturated carbocycles. The van der Waals surface area contributed by atoms with Crippen LogP contribution in [0.4, 0.5) is 0 Å². The molecule has 0 spiro atoms. The molecule has 0 aliphatic rings. The molecule has 0 saturated heterocycles. The molecule has 0 aromatic heterocycles. The van der Waals surface area contributed by atoms with E-state index in [9.17, 15) is 4.79 Å². The Hall–Kier alpha value is -1.87. The summed E-state index contributed by atoms with van der Waals surface area (Å²) in [5.74, 6) is -0.240. The summed E-state index contributed by atoms with van der Waals surface area (Å²) in [5, 5.41) is 5.57. The van der Waals surface area contributed by atoms with E-state index < -0.39 is 0 Å². The summed E-state index contributed by atoms with van der Waals surface area (Å²) in [6.45, 7) is 2.45. The van der Waals surface area contributed by atoms with Crippen LogP contribution >= 0.6 is 0 Å². The lowest BCUT2D eigenvalue weighted by Gasteiger charge is -2.11. The number of hydrogen-bond donors (Lipinski definition) is 1. The van der Waals surface area contributed by atoms with Gasteiger partial charge in [-0.05, 0) is 29.3 Å². The van der Waals surface area contributed by atoms with E-state index in [4.69, 9.17) is 0 Å². The Morgan fingerprint density at radius 1 is 1.22 bits per heavy atom. The van der Waals surface area contributed by atoms with Gasteiger partial charge >= 0.3 is 5.97 Å². The van der Waals surface area contributed by atoms with Crippen LogP contribution in [0.1, 0.15) is 12.5 Å². The second kappa shape index (κ2) is 5.65. The van der Waals surface area contributed by atoms with Gasteiger partial charge in [-0.1, -0.05) is 36.4 Å². The van der Waals surface area contributed by atoms with E-state index in [-0.39, 0.29) is 12.0 Å². The van der Waals surface area contributed by atoms with Gasteiger partial charge < -0.3 is 10.1 Å². The SMILES string of the molecule is COC(=O)C(C)NCc1ccc2ccccc2c1. The third kappa shape index (κ3) is 2.87. The first-order valence-corrected chi connectivity index (χ1v) is 5.99. The number of nitrogens with one attached hydrogen (secondary N) is 1. The second-order valence-corrected chi connectivity index (χ2v) is 4.31. The van der Waals surface area contributed by atoms with Crippen LogP contribution in [0.5, 0.6) is 0 Å². The number of carbonyl (C=O) groups excluding carboxylic acids is 1. The quantitative estimate of drug-likeness (QED) is 0.838. The fraction of sp³-hybridized carbons (Fsp3) is 0.267. The molecule has 0 fully saturated rings. The van der Waals surface area contributed by atoms with Gasteiger partial charge in [-0.2, -0.15) is 0 Å². The molecule has 0 amide bonds. The number of methoxy groups -OCH3 is 1. The lowest BCUT2D eigenvalue weighted by Crippen LogP contribution is -2.34. The van der Waals surface area contributed by atoms with Gasteiger partial charge in [-0.15, -0.1) is 0 Å². The van der Waals surface area contributed by atoms with E-state index in [1.54, 1.807) is 6.92 Å². The highest BCUT2D eigenvalue weighted by Crippen LogP contribution is 2.15. The van der Waals surface area contributed by atoms with Crippen LogP contribution in [-0.2, 0) is 16.1 Å². The number of carbonyl (C=O) groups is 1. The molecule has 94 valence electrons. The summed E-state index contributed by atoms with van der Waals surface area (Å²) < 4.78 is 4.67. The third-order valence-corrected chi connectivity index (χ3v) is 2.98. The molecular formula is C15H17NO2. The molecule has 2 aromatic carbocycles. The predicted molar refractivity (Wildman–Crippen MR) is 72.3 cm³/mol. The van der Waals surface area contributed by atoms with Crippen molar-refractivity contribution in [3.8, 4) is 0 Å². The zero-order chi connectivity index (χ0) is 13.0. The molecule has 0 bridgehead atoms. The fourth-order valence-corrected chi connectivity index (χ4v) is 1.88. The van der Waals surface area contributed by atoms with Gasteiger partial charge in [0.2, 0.25) is 0 Å². The maximum absolute atomic E-state index is 11.3. The number of ether oxygens (including phenoxy) is 1. The molecule has 18 heavy (non-hydrogen) atoms. The number of fused-ring (bicyclic) bond motifs is 1. The number of esters is 1. The van der Waals surface area contributed by atoms with Crippen LogP contribution in [0.25, 0.3) is 10.8 Å². The summed E-state index contributed by atoms with van der Waals surface area (Å²) in [5.41, 5.74) is 1.16. The zero-order valence-electron chi connectivity index (χ0n) is 10.6. The van der Waals surface area contributed by atoms with Crippen LogP contribution < -0.4 is 5.32 Å². The van der Waals surface area contributed by atoms with E-state index in [2.05, 4.69) is 40.4 Å². The minimum Gasteiger partial charge on any atom is -0.468 e. The number of benzene rings is 2. The average Bonchev–Trinajstić information content (AvgIpc) is 2.43. The first kappa shape index (κ1) is 12.6. The van der Waals surface area contributed by atoms with E-state index in [0.29, 0.717) is 6.54 Å². The van der Waals surface area contributed by atoms with Crippen LogP contribution in [0.2, 0.25) is 0 Å². The van der Waals surface area contributed by atoms with Crippen molar-refractivity contribution in [3.05, 3.63) is 48.0 Å². The van der Waals surface area contributed by atoms with Crippen molar-refractivity contribution >= 4 is 16.7 Å². The largest absolute Gasteiger partial charge is 0.468 e. The molecule has 0 radical (unpaired) electrons. The minimum atomic E-state index is -0.290. The van der Waals surface area contributed by atoms with E-state index in [1.807, 2.05) is 12.1 Å². The van der Waals surface area contributed by atoms with E-state index >= 15 is 0 Å². The highest BCUT2D eigenvalue weighted by molar-refractivity contribution is 5.83. The van der Waals surface area contributed by atoms with Crippen molar-refractivity contribution in [1.82, 2.24) is 5.32 Å². The fourth-order valence-electron chi connectivity index (χ4n) is 1.88. The van der Waals surface area contributed by atoms with E-state index in [1.165, 1.54) is 17.9 Å². The Bertz CT molecular complexity index is 551. The van der Waals surface area contributed by atoms with Gasteiger partial charge in [-0.25, -0.2) is 0 Å². The molecular weight excluding hydrogens is 226 g/mol. The Morgan fingerprint density at radius 3 is 2.67 bits per heavy atom. The van der Waals surface area contributed by atoms with Crippen molar-refractivity contribution in [2.45, 2.75) is 19.5 Å². The van der Waals surface area contributed by atoms with Crippen molar-refractivity contribution in [2.24, 2.45) is 0 Å². The van der Waals surface area contributed by atoms with E-state index in [0.717, 1.165) is 5.56 Å². The summed E-state index contributed by atoms with van der Waals surface area (Å²) >= 11 is 0. The van der Waals surface area contributed by atoms with Crippen molar-refractivity contribution in [3.63, 3.8) is 0 Å². The highest BCUT2D eigenvalue weighted by atomic mass is 16.5. The maximum atomic E-state index is 11.3. The number of hydrogen-bond acceptors (Lipinski definition) is 3. The second-order valence-electron chi connectivity index (χ2n) is 4.31. The molecule has 0 aliphatic heterocycles. The summed E-state index contributed by atoms with van der Waals surface area (Å²) in [6, 6.07) is 14.2. The van der Waals surface area contributed by atoms with Crippen molar-refractivity contribution in [1.29, 1.82) is 0 Å².